The standard InChI is InChI=1S/C15H14FN5/c1-2-10-5-3-4-6-14(10)21-15(18-19-20-21)12-8-7-11(16)9-13(12)17/h3-9H,2,17H2,1H3. The number of halogens is 1. The summed E-state index contributed by atoms with van der Waals surface area (Å²) in [5.41, 5.74) is 8.80. The molecule has 0 aliphatic heterocycles. The molecule has 0 saturated carbocycles. The molecule has 3 aromatic rings. The Balaban J connectivity index is 2.17. The highest BCUT2D eigenvalue weighted by Gasteiger charge is 2.15. The Bertz CT molecular complexity index is 781. The lowest BCUT2D eigenvalue weighted by Crippen LogP contribution is -2.04. The molecule has 3 rings (SSSR count). The molecule has 2 aromatic carbocycles. The molecule has 106 valence electrons. The van der Waals surface area contributed by atoms with Gasteiger partial charge < -0.3 is 5.73 Å². The number of nitrogens with zero attached hydrogens (tertiary/aromatic N) is 4. The topological polar surface area (TPSA) is 69.6 Å². The number of rotatable bonds is 3. The quantitative estimate of drug-likeness (QED) is 0.750. The maximum absolute atomic E-state index is 13.2. The Labute approximate surface area is 121 Å². The summed E-state index contributed by atoms with van der Waals surface area (Å²) < 4.78 is 14.8. The van der Waals surface area contributed by atoms with Crippen molar-refractivity contribution in [1.82, 2.24) is 20.2 Å². The normalized spacial score (nSPS) is 10.8. The van der Waals surface area contributed by atoms with Gasteiger partial charge in [-0.3, -0.25) is 0 Å². The summed E-state index contributed by atoms with van der Waals surface area (Å²) in [4.78, 5) is 0. The van der Waals surface area contributed by atoms with Crippen molar-refractivity contribution in [2.45, 2.75) is 13.3 Å². The molecule has 0 amide bonds. The molecule has 0 atom stereocenters. The van der Waals surface area contributed by atoms with Gasteiger partial charge in [0.2, 0.25) is 0 Å². The van der Waals surface area contributed by atoms with Gasteiger partial charge in [-0.15, -0.1) is 5.10 Å². The fourth-order valence-corrected chi connectivity index (χ4v) is 2.27. The smallest absolute Gasteiger partial charge is 0.189 e. The molecule has 0 aliphatic carbocycles. The van der Waals surface area contributed by atoms with Crippen molar-refractivity contribution in [1.29, 1.82) is 0 Å². The van der Waals surface area contributed by atoms with Gasteiger partial charge in [0, 0.05) is 11.3 Å². The summed E-state index contributed by atoms with van der Waals surface area (Å²) in [5, 5.41) is 11.8. The van der Waals surface area contributed by atoms with Crippen molar-refractivity contribution in [3.8, 4) is 17.1 Å². The van der Waals surface area contributed by atoms with Crippen LogP contribution in [0.5, 0.6) is 0 Å². The molecule has 0 spiro atoms. The predicted molar refractivity (Wildman–Crippen MR) is 78.3 cm³/mol. The lowest BCUT2D eigenvalue weighted by molar-refractivity contribution is 0.628. The Kier molecular flexibility index (Phi) is 3.35. The fraction of sp³-hybridized carbons (Fsp3) is 0.133. The zero-order chi connectivity index (χ0) is 14.8. The highest BCUT2D eigenvalue weighted by atomic mass is 19.1. The zero-order valence-corrected chi connectivity index (χ0v) is 11.5. The van der Waals surface area contributed by atoms with Crippen LogP contribution in [0, 0.1) is 5.82 Å². The number of hydrogen-bond donors (Lipinski definition) is 1. The summed E-state index contributed by atoms with van der Waals surface area (Å²) in [6.45, 7) is 2.06. The molecule has 0 bridgehead atoms. The lowest BCUT2D eigenvalue weighted by Gasteiger charge is -2.10. The number of nitrogen functional groups attached to an aromatic ring is 1. The van der Waals surface area contributed by atoms with Gasteiger partial charge in [0.1, 0.15) is 5.82 Å². The monoisotopic (exact) mass is 283 g/mol. The van der Waals surface area contributed by atoms with Crippen molar-refractivity contribution in [2.24, 2.45) is 0 Å². The van der Waals surface area contributed by atoms with Gasteiger partial charge >= 0.3 is 0 Å². The molecule has 0 radical (unpaired) electrons. The predicted octanol–water partition coefficient (Wildman–Crippen LogP) is 2.61. The first-order valence-electron chi connectivity index (χ1n) is 6.62. The van der Waals surface area contributed by atoms with Crippen molar-refractivity contribution in [3.05, 3.63) is 53.8 Å². The van der Waals surface area contributed by atoms with E-state index in [1.54, 1.807) is 10.7 Å². The molecule has 1 aromatic heterocycles. The van der Waals surface area contributed by atoms with Crippen molar-refractivity contribution in [3.63, 3.8) is 0 Å². The minimum Gasteiger partial charge on any atom is -0.398 e. The molecule has 0 fully saturated rings. The number of para-hydroxylation sites is 1. The maximum Gasteiger partial charge on any atom is 0.189 e. The van der Waals surface area contributed by atoms with E-state index in [0.717, 1.165) is 17.7 Å². The van der Waals surface area contributed by atoms with Crippen LogP contribution in [0.3, 0.4) is 0 Å². The summed E-state index contributed by atoms with van der Waals surface area (Å²) >= 11 is 0. The fourth-order valence-electron chi connectivity index (χ4n) is 2.27. The SMILES string of the molecule is CCc1ccccc1-n1nnnc1-c1ccc(F)cc1N. The van der Waals surface area contributed by atoms with Gasteiger partial charge in [0.05, 0.1) is 5.69 Å². The lowest BCUT2D eigenvalue weighted by atomic mass is 10.1. The molecule has 21 heavy (non-hydrogen) atoms. The van der Waals surface area contributed by atoms with Crippen molar-refractivity contribution in [2.75, 3.05) is 5.73 Å². The molecular formula is C15H14FN5. The highest BCUT2D eigenvalue weighted by Crippen LogP contribution is 2.27. The number of nitrogens with two attached hydrogens (primary N) is 1. The van der Waals surface area contributed by atoms with Crippen molar-refractivity contribution >= 4 is 5.69 Å². The number of anilines is 1. The van der Waals surface area contributed by atoms with Gasteiger partial charge in [0.25, 0.3) is 0 Å². The van der Waals surface area contributed by atoms with Gasteiger partial charge in [-0.1, -0.05) is 25.1 Å². The van der Waals surface area contributed by atoms with E-state index >= 15 is 0 Å². The third kappa shape index (κ3) is 2.35. The minimum atomic E-state index is -0.385. The van der Waals surface area contributed by atoms with Crippen LogP contribution in [0.15, 0.2) is 42.5 Å². The average Bonchev–Trinajstić information content (AvgIpc) is 2.96. The number of tetrazole rings is 1. The van der Waals surface area contributed by atoms with Gasteiger partial charge in [-0.25, -0.2) is 4.39 Å². The van der Waals surface area contributed by atoms with E-state index in [0.29, 0.717) is 17.1 Å². The largest absolute Gasteiger partial charge is 0.398 e. The third-order valence-electron chi connectivity index (χ3n) is 3.32. The van der Waals surface area contributed by atoms with Crippen LogP contribution >= 0.6 is 0 Å². The number of aromatic nitrogens is 4. The van der Waals surface area contributed by atoms with Crippen LogP contribution in [0.2, 0.25) is 0 Å². The Morgan fingerprint density at radius 1 is 1.19 bits per heavy atom. The average molecular weight is 283 g/mol. The van der Waals surface area contributed by atoms with E-state index in [9.17, 15) is 4.39 Å². The molecule has 6 heteroatoms. The van der Waals surface area contributed by atoms with E-state index in [2.05, 4.69) is 22.4 Å². The number of benzene rings is 2. The Morgan fingerprint density at radius 2 is 2.00 bits per heavy atom. The van der Waals surface area contributed by atoms with Crippen LogP contribution in [0.1, 0.15) is 12.5 Å². The maximum atomic E-state index is 13.2. The van der Waals surface area contributed by atoms with Crippen LogP contribution in [0.4, 0.5) is 10.1 Å². The molecule has 0 saturated heterocycles. The first-order valence-corrected chi connectivity index (χ1v) is 6.62. The van der Waals surface area contributed by atoms with E-state index < -0.39 is 0 Å². The molecule has 2 N–H and O–H groups in total. The first kappa shape index (κ1) is 13.2. The van der Waals surface area contributed by atoms with Gasteiger partial charge in [-0.05, 0) is 46.7 Å². The number of hydrogen-bond acceptors (Lipinski definition) is 4. The van der Waals surface area contributed by atoms with E-state index in [1.165, 1.54) is 12.1 Å². The first-order chi connectivity index (χ1) is 10.2. The van der Waals surface area contributed by atoms with E-state index in [1.807, 2.05) is 24.3 Å². The zero-order valence-electron chi connectivity index (χ0n) is 11.5. The second kappa shape index (κ2) is 5.32. The summed E-state index contributed by atoms with van der Waals surface area (Å²) in [5.74, 6) is 0.109. The third-order valence-corrected chi connectivity index (χ3v) is 3.32. The van der Waals surface area contributed by atoms with Crippen LogP contribution < -0.4 is 5.73 Å². The summed E-state index contributed by atoms with van der Waals surface area (Å²) in [6, 6.07) is 12.1. The second-order valence-electron chi connectivity index (χ2n) is 4.63. The molecular weight excluding hydrogens is 269 g/mol. The van der Waals surface area contributed by atoms with Crippen molar-refractivity contribution < 1.29 is 4.39 Å². The molecule has 5 nitrogen and oxygen atoms in total. The number of aryl methyl sites for hydroxylation is 1. The van der Waals surface area contributed by atoms with Crippen LogP contribution in [-0.2, 0) is 6.42 Å². The van der Waals surface area contributed by atoms with Crippen LogP contribution in [-0.4, -0.2) is 20.2 Å². The summed E-state index contributed by atoms with van der Waals surface area (Å²) in [7, 11) is 0. The van der Waals surface area contributed by atoms with Crippen LogP contribution in [0.25, 0.3) is 17.1 Å². The Morgan fingerprint density at radius 3 is 2.76 bits per heavy atom. The van der Waals surface area contributed by atoms with E-state index in [4.69, 9.17) is 5.73 Å². The molecule has 1 heterocycles. The van der Waals surface area contributed by atoms with E-state index in [-0.39, 0.29) is 5.82 Å². The Hall–Kier alpha value is -2.76. The summed E-state index contributed by atoms with van der Waals surface area (Å²) in [6.07, 6.45) is 0.856. The van der Waals surface area contributed by atoms with Gasteiger partial charge in [-0.2, -0.15) is 4.68 Å². The second-order valence-corrected chi connectivity index (χ2v) is 4.63. The molecule has 0 unspecified atom stereocenters. The molecule has 0 aliphatic rings. The minimum absolute atomic E-state index is 0.306. The highest BCUT2D eigenvalue weighted by molar-refractivity contribution is 5.72. The van der Waals surface area contributed by atoms with Gasteiger partial charge in [0.15, 0.2) is 5.82 Å².